The Kier molecular flexibility index (Phi) is 7.61. The highest BCUT2D eigenvalue weighted by Gasteiger charge is 2.16. The molecule has 2 N–H and O–H groups in total. The van der Waals surface area contributed by atoms with Gasteiger partial charge < -0.3 is 25.0 Å². The van der Waals surface area contributed by atoms with Gasteiger partial charge in [0.2, 0.25) is 0 Å². The molecule has 1 fully saturated rings. The lowest BCUT2D eigenvalue weighted by molar-refractivity contribution is 0.270. The zero-order valence-electron chi connectivity index (χ0n) is 19.3. The molecule has 7 nitrogen and oxygen atoms in total. The van der Waals surface area contributed by atoms with E-state index in [9.17, 15) is 0 Å². The molecule has 0 bridgehead atoms. The van der Waals surface area contributed by atoms with E-state index in [0.29, 0.717) is 6.54 Å². The summed E-state index contributed by atoms with van der Waals surface area (Å²) < 4.78 is 2.31. The summed E-state index contributed by atoms with van der Waals surface area (Å²) >= 11 is 0. The number of hydrogen-bond donors (Lipinski definition) is 2. The van der Waals surface area contributed by atoms with E-state index < -0.39 is 0 Å². The summed E-state index contributed by atoms with van der Waals surface area (Å²) in [5.41, 5.74) is 2.45. The van der Waals surface area contributed by atoms with E-state index in [0.717, 1.165) is 69.6 Å². The van der Waals surface area contributed by atoms with Crippen molar-refractivity contribution >= 4 is 22.7 Å². The number of benzene rings is 1. The van der Waals surface area contributed by atoms with Crippen molar-refractivity contribution in [3.8, 4) is 0 Å². The maximum absolute atomic E-state index is 4.69. The summed E-state index contributed by atoms with van der Waals surface area (Å²) in [6.45, 7) is 10.2. The number of anilines is 1. The number of piperazine rings is 1. The topological polar surface area (TPSA) is 60.7 Å². The molecule has 2 aromatic heterocycles. The van der Waals surface area contributed by atoms with Gasteiger partial charge in [0.25, 0.3) is 0 Å². The molecule has 4 rings (SSSR count). The number of likely N-dealkylation sites (N-methyl/N-ethyl adjacent to an activating group) is 1. The summed E-state index contributed by atoms with van der Waals surface area (Å²) in [4.78, 5) is 13.9. The summed E-state index contributed by atoms with van der Waals surface area (Å²) in [7, 11) is 1.81. The lowest BCUT2D eigenvalue weighted by Gasteiger charge is -2.34. The lowest BCUT2D eigenvalue weighted by atomic mass is 10.2. The SMILES string of the molecule is CCN1CCN(c2ccc(CNC(=NC)NCCCn3ccc4ccccc43)cn2)CC1. The van der Waals surface area contributed by atoms with Crippen molar-refractivity contribution in [3.05, 3.63) is 60.4 Å². The van der Waals surface area contributed by atoms with Gasteiger partial charge in [-0.2, -0.15) is 0 Å². The summed E-state index contributed by atoms with van der Waals surface area (Å²) in [5.74, 6) is 1.90. The van der Waals surface area contributed by atoms with Crippen LogP contribution in [0.5, 0.6) is 0 Å². The van der Waals surface area contributed by atoms with Crippen LogP contribution in [-0.2, 0) is 13.1 Å². The van der Waals surface area contributed by atoms with Gasteiger partial charge in [-0.15, -0.1) is 0 Å². The first-order valence-electron chi connectivity index (χ1n) is 11.7. The molecule has 1 saturated heterocycles. The number of aromatic nitrogens is 2. The normalized spacial score (nSPS) is 15.3. The molecule has 0 radical (unpaired) electrons. The highest BCUT2D eigenvalue weighted by Crippen LogP contribution is 2.15. The summed E-state index contributed by atoms with van der Waals surface area (Å²) in [6, 6.07) is 15.0. The molecule has 1 aliphatic heterocycles. The quantitative estimate of drug-likeness (QED) is 0.325. The Morgan fingerprint density at radius 1 is 1.03 bits per heavy atom. The van der Waals surface area contributed by atoms with Crippen LogP contribution in [0.1, 0.15) is 18.9 Å². The van der Waals surface area contributed by atoms with Crippen LogP contribution in [0.3, 0.4) is 0 Å². The van der Waals surface area contributed by atoms with Crippen molar-refractivity contribution in [1.82, 2.24) is 25.1 Å². The number of aliphatic imine (C=N–C) groups is 1. The zero-order valence-corrected chi connectivity index (χ0v) is 19.3. The minimum Gasteiger partial charge on any atom is -0.356 e. The molecule has 0 unspecified atom stereocenters. The Bertz CT molecular complexity index is 1000. The van der Waals surface area contributed by atoms with Crippen LogP contribution in [0, 0.1) is 0 Å². The minimum absolute atomic E-state index is 0.707. The van der Waals surface area contributed by atoms with Crippen molar-refractivity contribution in [2.75, 3.05) is 51.2 Å². The average Bonchev–Trinajstić information content (AvgIpc) is 3.27. The Labute approximate surface area is 191 Å². The number of guanidine groups is 1. The molecule has 3 aromatic rings. The molecular formula is C25H35N7. The first-order valence-corrected chi connectivity index (χ1v) is 11.7. The molecule has 0 atom stereocenters. The highest BCUT2D eigenvalue weighted by atomic mass is 15.3. The number of nitrogens with zero attached hydrogens (tertiary/aromatic N) is 5. The maximum atomic E-state index is 4.69. The van der Waals surface area contributed by atoms with E-state index >= 15 is 0 Å². The predicted molar refractivity (Wildman–Crippen MR) is 133 cm³/mol. The first-order chi connectivity index (χ1) is 15.8. The van der Waals surface area contributed by atoms with Gasteiger partial charge >= 0.3 is 0 Å². The number of nitrogens with one attached hydrogen (secondary N) is 2. The van der Waals surface area contributed by atoms with Gasteiger partial charge in [0.1, 0.15) is 5.82 Å². The van der Waals surface area contributed by atoms with Crippen LogP contribution in [0.2, 0.25) is 0 Å². The minimum atomic E-state index is 0.707. The fourth-order valence-electron chi connectivity index (χ4n) is 4.20. The number of rotatable bonds is 8. The second kappa shape index (κ2) is 11.0. The van der Waals surface area contributed by atoms with Gasteiger partial charge in [0.15, 0.2) is 5.96 Å². The number of para-hydroxylation sites is 1. The molecule has 0 spiro atoms. The van der Waals surface area contributed by atoms with Gasteiger partial charge in [-0.1, -0.05) is 31.2 Å². The second-order valence-electron chi connectivity index (χ2n) is 8.22. The lowest BCUT2D eigenvalue weighted by Crippen LogP contribution is -2.46. The monoisotopic (exact) mass is 433 g/mol. The molecular weight excluding hydrogens is 398 g/mol. The fourth-order valence-corrected chi connectivity index (χ4v) is 4.20. The van der Waals surface area contributed by atoms with Crippen LogP contribution in [0.15, 0.2) is 59.9 Å². The third-order valence-corrected chi connectivity index (χ3v) is 6.18. The Hall–Kier alpha value is -3.06. The Morgan fingerprint density at radius 2 is 1.88 bits per heavy atom. The van der Waals surface area contributed by atoms with Crippen LogP contribution in [0.4, 0.5) is 5.82 Å². The van der Waals surface area contributed by atoms with E-state index in [4.69, 9.17) is 4.98 Å². The van der Waals surface area contributed by atoms with Gasteiger partial charge in [-0.3, -0.25) is 4.99 Å². The van der Waals surface area contributed by atoms with Gasteiger partial charge in [0.05, 0.1) is 0 Å². The van der Waals surface area contributed by atoms with Gasteiger partial charge in [0, 0.05) is 70.8 Å². The smallest absolute Gasteiger partial charge is 0.191 e. The number of hydrogen-bond acceptors (Lipinski definition) is 4. The van der Waals surface area contributed by atoms with Crippen molar-refractivity contribution in [2.24, 2.45) is 4.99 Å². The van der Waals surface area contributed by atoms with E-state index in [-0.39, 0.29) is 0 Å². The number of aryl methyl sites for hydroxylation is 1. The Balaban J connectivity index is 1.19. The third-order valence-electron chi connectivity index (χ3n) is 6.18. The predicted octanol–water partition coefficient (Wildman–Crippen LogP) is 2.93. The number of pyridine rings is 1. The summed E-state index contributed by atoms with van der Waals surface area (Å²) in [6.07, 6.45) is 5.16. The Morgan fingerprint density at radius 3 is 2.62 bits per heavy atom. The molecule has 1 aliphatic rings. The van der Waals surface area contributed by atoms with E-state index in [1.54, 1.807) is 0 Å². The largest absolute Gasteiger partial charge is 0.356 e. The second-order valence-corrected chi connectivity index (χ2v) is 8.22. The molecule has 7 heteroatoms. The molecule has 32 heavy (non-hydrogen) atoms. The van der Waals surface area contributed by atoms with Crippen LogP contribution >= 0.6 is 0 Å². The highest BCUT2D eigenvalue weighted by molar-refractivity contribution is 5.80. The van der Waals surface area contributed by atoms with E-state index in [2.05, 4.69) is 85.6 Å². The van der Waals surface area contributed by atoms with E-state index in [1.807, 2.05) is 13.2 Å². The zero-order chi connectivity index (χ0) is 22.2. The molecule has 0 amide bonds. The molecule has 0 aliphatic carbocycles. The van der Waals surface area contributed by atoms with Crippen molar-refractivity contribution in [2.45, 2.75) is 26.4 Å². The van der Waals surface area contributed by atoms with Crippen molar-refractivity contribution < 1.29 is 0 Å². The van der Waals surface area contributed by atoms with Crippen molar-refractivity contribution in [1.29, 1.82) is 0 Å². The number of fused-ring (bicyclic) bond motifs is 1. The summed E-state index contributed by atoms with van der Waals surface area (Å²) in [5, 5.41) is 8.10. The maximum Gasteiger partial charge on any atom is 0.191 e. The molecule has 1 aromatic carbocycles. The van der Waals surface area contributed by atoms with Crippen LogP contribution in [0.25, 0.3) is 10.9 Å². The fraction of sp³-hybridized carbons (Fsp3) is 0.440. The first kappa shape index (κ1) is 22.1. The van der Waals surface area contributed by atoms with Crippen LogP contribution < -0.4 is 15.5 Å². The average molecular weight is 434 g/mol. The molecule has 0 saturated carbocycles. The standard InChI is InChI=1S/C25H35N7/c1-3-30-15-17-32(18-16-30)24-10-9-21(19-28-24)20-29-25(26-2)27-12-6-13-31-14-11-22-7-4-5-8-23(22)31/h4-5,7-11,14,19H,3,6,12-13,15-18,20H2,1-2H3,(H2,26,27,29). The van der Waals surface area contributed by atoms with Gasteiger partial charge in [-0.05, 0) is 42.1 Å². The molecule has 3 heterocycles. The van der Waals surface area contributed by atoms with E-state index in [1.165, 1.54) is 10.9 Å². The van der Waals surface area contributed by atoms with Gasteiger partial charge in [-0.25, -0.2) is 4.98 Å². The molecule has 170 valence electrons. The third kappa shape index (κ3) is 5.59. The van der Waals surface area contributed by atoms with Crippen molar-refractivity contribution in [3.63, 3.8) is 0 Å². The van der Waals surface area contributed by atoms with Crippen LogP contribution in [-0.4, -0.2) is 66.7 Å².